The molecule has 0 saturated carbocycles. The number of thioether (sulfide) groups is 1. The third-order valence-electron chi connectivity index (χ3n) is 6.69. The number of benzene rings is 2. The normalized spacial score (nSPS) is 21.5. The highest BCUT2D eigenvalue weighted by atomic mass is 32.2. The molecular formula is C27H31N3O5S. The van der Waals surface area contributed by atoms with Gasteiger partial charge in [0, 0.05) is 16.7 Å². The SMILES string of the molecule is CC(C)C(NC(=O)C1N2C(=O)c3ccccc3C2SC1(C)C)C(=O)NC(Cc1ccccc1)C(=O)O. The van der Waals surface area contributed by atoms with Crippen LogP contribution < -0.4 is 10.6 Å². The number of carboxylic acid groups (broad SMARTS) is 1. The van der Waals surface area contributed by atoms with Crippen LogP contribution in [0.2, 0.25) is 0 Å². The molecule has 1 fully saturated rings. The fraction of sp³-hybridized carbons (Fsp3) is 0.407. The Morgan fingerprint density at radius 2 is 1.67 bits per heavy atom. The summed E-state index contributed by atoms with van der Waals surface area (Å²) in [5, 5.41) is 14.8. The summed E-state index contributed by atoms with van der Waals surface area (Å²) in [5.74, 6) is -2.66. The molecule has 9 heteroatoms. The van der Waals surface area contributed by atoms with Gasteiger partial charge in [0.15, 0.2) is 0 Å². The van der Waals surface area contributed by atoms with Gasteiger partial charge in [-0.2, -0.15) is 0 Å². The van der Waals surface area contributed by atoms with E-state index in [-0.39, 0.29) is 23.6 Å². The Balaban J connectivity index is 1.51. The van der Waals surface area contributed by atoms with Crippen LogP contribution in [0.4, 0.5) is 0 Å². The maximum Gasteiger partial charge on any atom is 0.326 e. The van der Waals surface area contributed by atoms with Gasteiger partial charge >= 0.3 is 5.97 Å². The first-order valence-corrected chi connectivity index (χ1v) is 12.9. The molecule has 3 N–H and O–H groups in total. The predicted octanol–water partition coefficient (Wildman–Crippen LogP) is 2.99. The molecule has 2 aliphatic rings. The van der Waals surface area contributed by atoms with Crippen molar-refractivity contribution in [3.63, 3.8) is 0 Å². The van der Waals surface area contributed by atoms with Crippen LogP contribution in [0.15, 0.2) is 54.6 Å². The maximum absolute atomic E-state index is 13.6. The molecule has 0 aliphatic carbocycles. The van der Waals surface area contributed by atoms with Crippen molar-refractivity contribution in [1.29, 1.82) is 0 Å². The second kappa shape index (κ2) is 9.97. The first kappa shape index (κ1) is 25.8. The third-order valence-corrected chi connectivity index (χ3v) is 8.22. The average Bonchev–Trinajstić information content (AvgIpc) is 3.26. The Labute approximate surface area is 214 Å². The molecule has 0 bridgehead atoms. The molecule has 0 radical (unpaired) electrons. The van der Waals surface area contributed by atoms with E-state index in [4.69, 9.17) is 0 Å². The number of fused-ring (bicyclic) bond motifs is 3. The first-order valence-electron chi connectivity index (χ1n) is 12.0. The van der Waals surface area contributed by atoms with Crippen LogP contribution in [0.5, 0.6) is 0 Å². The second-order valence-electron chi connectivity index (χ2n) is 10.1. The minimum atomic E-state index is -1.15. The molecule has 4 rings (SSSR count). The second-order valence-corrected chi connectivity index (χ2v) is 11.8. The van der Waals surface area contributed by atoms with E-state index in [1.807, 2.05) is 32.0 Å². The number of carbonyl (C=O) groups excluding carboxylic acids is 3. The van der Waals surface area contributed by atoms with Crippen LogP contribution in [0.3, 0.4) is 0 Å². The molecule has 2 aromatic rings. The first-order chi connectivity index (χ1) is 17.0. The van der Waals surface area contributed by atoms with Crippen LogP contribution in [-0.2, 0) is 20.8 Å². The molecule has 2 aliphatic heterocycles. The summed E-state index contributed by atoms with van der Waals surface area (Å²) in [7, 11) is 0. The Hall–Kier alpha value is -3.33. The van der Waals surface area contributed by atoms with Gasteiger partial charge in [-0.15, -0.1) is 11.8 Å². The van der Waals surface area contributed by atoms with Gasteiger partial charge in [0.25, 0.3) is 5.91 Å². The number of amides is 3. The number of hydrogen-bond acceptors (Lipinski definition) is 5. The van der Waals surface area contributed by atoms with Gasteiger partial charge in [-0.1, -0.05) is 62.4 Å². The lowest BCUT2D eigenvalue weighted by molar-refractivity contribution is -0.142. The number of nitrogens with zero attached hydrogens (tertiary/aromatic N) is 1. The van der Waals surface area contributed by atoms with Gasteiger partial charge in [-0.3, -0.25) is 14.4 Å². The third kappa shape index (κ3) is 4.84. The highest BCUT2D eigenvalue weighted by Crippen LogP contribution is 2.56. The molecule has 4 unspecified atom stereocenters. The Morgan fingerprint density at radius 1 is 1.03 bits per heavy atom. The van der Waals surface area contributed by atoms with Gasteiger partial charge < -0.3 is 20.6 Å². The molecule has 1 saturated heterocycles. The number of carbonyl (C=O) groups is 4. The van der Waals surface area contributed by atoms with E-state index in [1.165, 1.54) is 0 Å². The number of nitrogens with one attached hydrogen (secondary N) is 2. The highest BCUT2D eigenvalue weighted by molar-refractivity contribution is 8.01. The Bertz CT molecular complexity index is 1180. The van der Waals surface area contributed by atoms with Crippen molar-refractivity contribution in [2.24, 2.45) is 5.92 Å². The van der Waals surface area contributed by atoms with Crippen LogP contribution in [0.25, 0.3) is 0 Å². The zero-order valence-electron chi connectivity index (χ0n) is 20.7. The number of carboxylic acids is 1. The molecule has 0 aromatic heterocycles. The highest BCUT2D eigenvalue weighted by Gasteiger charge is 2.57. The summed E-state index contributed by atoms with van der Waals surface area (Å²) in [6.07, 6.45) is 0.120. The van der Waals surface area contributed by atoms with E-state index < -0.39 is 40.7 Å². The number of aliphatic carboxylic acids is 1. The average molecular weight is 510 g/mol. The van der Waals surface area contributed by atoms with Crippen LogP contribution in [-0.4, -0.2) is 56.6 Å². The van der Waals surface area contributed by atoms with Crippen molar-refractivity contribution in [1.82, 2.24) is 15.5 Å². The Kier molecular flexibility index (Phi) is 7.13. The molecule has 36 heavy (non-hydrogen) atoms. The lowest BCUT2D eigenvalue weighted by Crippen LogP contribution is -2.59. The van der Waals surface area contributed by atoms with Gasteiger partial charge in [0.05, 0.1) is 0 Å². The van der Waals surface area contributed by atoms with E-state index in [0.29, 0.717) is 5.56 Å². The maximum atomic E-state index is 13.6. The lowest BCUT2D eigenvalue weighted by atomic mass is 9.97. The molecular weight excluding hydrogens is 478 g/mol. The van der Waals surface area contributed by atoms with E-state index >= 15 is 0 Å². The topological polar surface area (TPSA) is 116 Å². The van der Waals surface area contributed by atoms with Gasteiger partial charge in [-0.25, -0.2) is 4.79 Å². The van der Waals surface area contributed by atoms with Crippen LogP contribution >= 0.6 is 11.8 Å². The summed E-state index contributed by atoms with van der Waals surface area (Å²) in [6.45, 7) is 7.40. The molecule has 2 heterocycles. The van der Waals surface area contributed by atoms with E-state index in [9.17, 15) is 24.3 Å². The van der Waals surface area contributed by atoms with Gasteiger partial charge in [0.1, 0.15) is 23.5 Å². The van der Waals surface area contributed by atoms with Crippen LogP contribution in [0.1, 0.15) is 54.6 Å². The zero-order valence-corrected chi connectivity index (χ0v) is 21.5. The van der Waals surface area contributed by atoms with Crippen molar-refractivity contribution in [3.8, 4) is 0 Å². The standard InChI is InChI=1S/C27H31N3O5S/c1-15(2)20(22(31)28-19(26(34)35)14-16-10-6-5-7-11-16)29-23(32)21-27(3,4)36-25-18-13-9-8-12-17(18)24(33)30(21)25/h5-13,15,19-21,25H,14H2,1-4H3,(H,28,31)(H,29,32)(H,34,35). The molecule has 2 aromatic carbocycles. The molecule has 8 nitrogen and oxygen atoms in total. The summed E-state index contributed by atoms with van der Waals surface area (Å²) in [4.78, 5) is 53.5. The monoisotopic (exact) mass is 509 g/mol. The number of rotatable bonds is 8. The van der Waals surface area contributed by atoms with Crippen molar-refractivity contribution < 1.29 is 24.3 Å². The van der Waals surface area contributed by atoms with Gasteiger partial charge in [0.2, 0.25) is 11.8 Å². The molecule has 4 atom stereocenters. The molecule has 0 spiro atoms. The smallest absolute Gasteiger partial charge is 0.326 e. The van der Waals surface area contributed by atoms with Crippen molar-refractivity contribution in [2.45, 2.75) is 62.4 Å². The van der Waals surface area contributed by atoms with E-state index in [2.05, 4.69) is 10.6 Å². The minimum absolute atomic E-state index is 0.120. The predicted molar refractivity (Wildman–Crippen MR) is 137 cm³/mol. The van der Waals surface area contributed by atoms with E-state index in [1.54, 1.807) is 66.9 Å². The minimum Gasteiger partial charge on any atom is -0.480 e. The summed E-state index contributed by atoms with van der Waals surface area (Å²) < 4.78 is -0.590. The van der Waals surface area contributed by atoms with Crippen molar-refractivity contribution in [2.75, 3.05) is 0 Å². The van der Waals surface area contributed by atoms with Gasteiger partial charge in [-0.05, 0) is 37.0 Å². The zero-order chi connectivity index (χ0) is 26.2. The number of hydrogen-bond donors (Lipinski definition) is 3. The van der Waals surface area contributed by atoms with E-state index in [0.717, 1.165) is 11.1 Å². The summed E-state index contributed by atoms with van der Waals surface area (Å²) in [5.41, 5.74) is 2.25. The summed E-state index contributed by atoms with van der Waals surface area (Å²) >= 11 is 1.55. The molecule has 190 valence electrons. The fourth-order valence-corrected chi connectivity index (χ4v) is 6.47. The fourth-order valence-electron chi connectivity index (χ4n) is 4.88. The largest absolute Gasteiger partial charge is 0.480 e. The molecule has 3 amide bonds. The van der Waals surface area contributed by atoms with Crippen LogP contribution in [0, 0.1) is 5.92 Å². The van der Waals surface area contributed by atoms with Crippen molar-refractivity contribution >= 4 is 35.5 Å². The lowest BCUT2D eigenvalue weighted by Gasteiger charge is -2.32. The Morgan fingerprint density at radius 3 is 2.31 bits per heavy atom. The van der Waals surface area contributed by atoms with Crippen molar-refractivity contribution in [3.05, 3.63) is 71.3 Å². The summed E-state index contributed by atoms with van der Waals surface area (Å²) in [6, 6.07) is 13.5. The quantitative estimate of drug-likeness (QED) is 0.504.